The third-order valence-electron chi connectivity index (χ3n) is 6.00. The molecule has 1 fully saturated rings. The number of nitrogens with zero attached hydrogens (tertiary/aromatic N) is 5. The Morgan fingerprint density at radius 3 is 2.38 bits per heavy atom. The van der Waals surface area contributed by atoms with Crippen molar-refractivity contribution in [1.29, 1.82) is 5.26 Å². The van der Waals surface area contributed by atoms with Crippen molar-refractivity contribution in [2.75, 3.05) is 25.4 Å². The number of carbonyl (C=O) groups is 1. The smallest absolute Gasteiger partial charge is 0.308 e. The minimum Gasteiger partial charge on any atom is -0.425 e. The van der Waals surface area contributed by atoms with Crippen molar-refractivity contribution < 1.29 is 9.53 Å². The molecule has 9 heteroatoms. The van der Waals surface area contributed by atoms with Gasteiger partial charge in [0.05, 0.1) is 0 Å². The molecule has 172 valence electrons. The molecule has 0 atom stereocenters. The van der Waals surface area contributed by atoms with Crippen LogP contribution >= 0.6 is 0 Å². The number of aliphatic imine (C=N–C) groups is 1. The maximum atomic E-state index is 12.8. The molecule has 0 radical (unpaired) electrons. The number of amides is 1. The predicted octanol–water partition coefficient (Wildman–Crippen LogP) is 2.74. The van der Waals surface area contributed by atoms with Gasteiger partial charge in [-0.05, 0) is 30.5 Å². The summed E-state index contributed by atoms with van der Waals surface area (Å²) >= 11 is 0. The van der Waals surface area contributed by atoms with Crippen LogP contribution in [0.2, 0.25) is 0 Å². The summed E-state index contributed by atoms with van der Waals surface area (Å²) in [7, 11) is 0. The number of hydrogen-bond acceptors (Lipinski definition) is 7. The van der Waals surface area contributed by atoms with Crippen LogP contribution < -0.4 is 15.8 Å². The molecule has 0 unspecified atom stereocenters. The van der Waals surface area contributed by atoms with E-state index in [1.54, 1.807) is 0 Å². The molecule has 3 aromatic rings. The Morgan fingerprint density at radius 1 is 1.09 bits per heavy atom. The first-order chi connectivity index (χ1) is 16.6. The summed E-state index contributed by atoms with van der Waals surface area (Å²) in [6, 6.07) is 19.6. The molecule has 0 aliphatic carbocycles. The van der Waals surface area contributed by atoms with Gasteiger partial charge in [-0.1, -0.05) is 48.5 Å². The summed E-state index contributed by atoms with van der Waals surface area (Å²) in [5.41, 5.74) is 6.76. The predicted molar refractivity (Wildman–Crippen MR) is 128 cm³/mol. The number of nitrogens with one attached hydrogen (secondary N) is 1. The first kappa shape index (κ1) is 22.7. The lowest BCUT2D eigenvalue weighted by Crippen LogP contribution is -2.51. The summed E-state index contributed by atoms with van der Waals surface area (Å²) in [4.78, 5) is 26.6. The van der Waals surface area contributed by atoms with Crippen LogP contribution in [0, 0.1) is 11.5 Å². The van der Waals surface area contributed by atoms with Crippen LogP contribution in [-0.4, -0.2) is 46.4 Å². The van der Waals surface area contributed by atoms with E-state index in [4.69, 9.17) is 10.5 Å². The number of ether oxygens (including phenoxy) is 1. The van der Waals surface area contributed by atoms with Crippen molar-refractivity contribution >= 4 is 17.7 Å². The molecule has 3 N–H and O–H groups in total. The fraction of sp³-hybridized carbons (Fsp3) is 0.240. The van der Waals surface area contributed by atoms with Gasteiger partial charge in [-0.25, -0.2) is 9.97 Å². The van der Waals surface area contributed by atoms with Crippen molar-refractivity contribution in [3.05, 3.63) is 84.3 Å². The molecule has 1 saturated heterocycles. The molecular weight excluding hydrogens is 430 g/mol. The van der Waals surface area contributed by atoms with Crippen molar-refractivity contribution in [3.8, 4) is 11.9 Å². The lowest BCUT2D eigenvalue weighted by atomic mass is 9.72. The molecule has 2 aromatic carbocycles. The van der Waals surface area contributed by atoms with Gasteiger partial charge in [0.15, 0.2) is 11.5 Å². The molecule has 0 spiro atoms. The number of para-hydroxylation sites is 1. The van der Waals surface area contributed by atoms with E-state index in [9.17, 15) is 10.1 Å². The van der Waals surface area contributed by atoms with E-state index >= 15 is 0 Å². The third-order valence-corrected chi connectivity index (χ3v) is 6.00. The monoisotopic (exact) mass is 455 g/mol. The van der Waals surface area contributed by atoms with E-state index in [0.29, 0.717) is 25.4 Å². The maximum absolute atomic E-state index is 12.8. The highest BCUT2D eigenvalue weighted by atomic mass is 16.5. The number of benzene rings is 2. The van der Waals surface area contributed by atoms with E-state index in [-0.39, 0.29) is 28.9 Å². The molecule has 34 heavy (non-hydrogen) atoms. The van der Waals surface area contributed by atoms with Crippen LogP contribution in [-0.2, 0) is 5.41 Å². The Bertz CT molecular complexity index is 1180. The lowest BCUT2D eigenvalue weighted by Gasteiger charge is -2.42. The molecule has 1 aromatic heterocycles. The summed E-state index contributed by atoms with van der Waals surface area (Å²) < 4.78 is 5.89. The van der Waals surface area contributed by atoms with E-state index < -0.39 is 0 Å². The molecule has 2 heterocycles. The third kappa shape index (κ3) is 5.13. The van der Waals surface area contributed by atoms with Crippen LogP contribution in [0.4, 0.5) is 5.82 Å². The van der Waals surface area contributed by atoms with E-state index in [2.05, 4.69) is 32.4 Å². The molecule has 9 nitrogen and oxygen atoms in total. The number of likely N-dealkylation sites (tertiary alicyclic amines) is 1. The van der Waals surface area contributed by atoms with Gasteiger partial charge in [-0.2, -0.15) is 5.26 Å². The fourth-order valence-electron chi connectivity index (χ4n) is 4.14. The average Bonchev–Trinajstić information content (AvgIpc) is 2.89. The second-order valence-electron chi connectivity index (χ2n) is 8.02. The number of carbonyl (C=O) groups excluding carboxylic acids is 1. The van der Waals surface area contributed by atoms with Gasteiger partial charge >= 0.3 is 6.02 Å². The number of nitrogen functional groups attached to an aromatic ring is 1. The zero-order chi connectivity index (χ0) is 23.8. The number of rotatable bonds is 5. The minimum atomic E-state index is -0.359. The molecule has 4 rings (SSSR count). The van der Waals surface area contributed by atoms with E-state index in [0.717, 1.165) is 18.4 Å². The Hall–Kier alpha value is -4.45. The van der Waals surface area contributed by atoms with Crippen LogP contribution in [0.3, 0.4) is 0 Å². The number of nitrogens with two attached hydrogens (primary N) is 1. The first-order valence-electron chi connectivity index (χ1n) is 11.0. The van der Waals surface area contributed by atoms with E-state index in [1.807, 2.05) is 59.6 Å². The second-order valence-corrected chi connectivity index (χ2v) is 8.02. The fourth-order valence-corrected chi connectivity index (χ4v) is 4.14. The van der Waals surface area contributed by atoms with Crippen LogP contribution in [0.15, 0.2) is 78.0 Å². The standard InChI is InChI=1S/C25H25N7O2/c26-18-31-24(34-20-9-5-2-6-10-20)32-15-11-25(12-16-32,19-7-3-1-4-8-19)17-30-23(33)21-22(27)29-14-13-28-21/h1-10,13-14H,11-12,15-17H2,(H2,27,29)(H,30,33). The van der Waals surface area contributed by atoms with Crippen LogP contribution in [0.25, 0.3) is 0 Å². The summed E-state index contributed by atoms with van der Waals surface area (Å²) in [6.07, 6.45) is 6.17. The normalized spacial score (nSPS) is 15.3. The SMILES string of the molecule is N#CN=C(Oc1ccccc1)N1CCC(CNC(=O)c2nccnc2N)(c2ccccc2)CC1. The van der Waals surface area contributed by atoms with Crippen molar-refractivity contribution in [1.82, 2.24) is 20.2 Å². The van der Waals surface area contributed by atoms with Gasteiger partial charge in [0.1, 0.15) is 5.75 Å². The molecule has 1 amide bonds. The van der Waals surface area contributed by atoms with Gasteiger partial charge < -0.3 is 20.7 Å². The Balaban J connectivity index is 1.51. The van der Waals surface area contributed by atoms with Gasteiger partial charge in [0.2, 0.25) is 6.19 Å². The number of piperidine rings is 1. The largest absolute Gasteiger partial charge is 0.425 e. The average molecular weight is 456 g/mol. The zero-order valence-electron chi connectivity index (χ0n) is 18.6. The van der Waals surface area contributed by atoms with Crippen molar-refractivity contribution in [2.24, 2.45) is 4.99 Å². The van der Waals surface area contributed by atoms with Gasteiger partial charge in [-0.3, -0.25) is 4.79 Å². The van der Waals surface area contributed by atoms with Gasteiger partial charge in [0, 0.05) is 37.4 Å². The summed E-state index contributed by atoms with van der Waals surface area (Å²) in [5.74, 6) is 0.353. The van der Waals surface area contributed by atoms with Crippen molar-refractivity contribution in [3.63, 3.8) is 0 Å². The Labute approximate surface area is 197 Å². The highest BCUT2D eigenvalue weighted by Gasteiger charge is 2.38. The first-order valence-corrected chi connectivity index (χ1v) is 11.0. The van der Waals surface area contributed by atoms with Gasteiger partial charge in [0.25, 0.3) is 5.91 Å². The van der Waals surface area contributed by atoms with Crippen molar-refractivity contribution in [2.45, 2.75) is 18.3 Å². The zero-order valence-corrected chi connectivity index (χ0v) is 18.6. The number of amidine groups is 1. The number of nitriles is 1. The number of anilines is 1. The van der Waals surface area contributed by atoms with E-state index in [1.165, 1.54) is 12.4 Å². The van der Waals surface area contributed by atoms with Crippen LogP contribution in [0.1, 0.15) is 28.9 Å². The molecule has 1 aliphatic rings. The highest BCUT2D eigenvalue weighted by molar-refractivity contribution is 5.96. The molecule has 0 bridgehead atoms. The number of hydrogen-bond donors (Lipinski definition) is 2. The topological polar surface area (TPSA) is 130 Å². The summed E-state index contributed by atoms with van der Waals surface area (Å²) in [6.45, 7) is 1.61. The number of aromatic nitrogens is 2. The summed E-state index contributed by atoms with van der Waals surface area (Å²) in [5, 5.41) is 12.2. The van der Waals surface area contributed by atoms with Gasteiger partial charge in [-0.15, -0.1) is 4.99 Å². The quantitative estimate of drug-likeness (QED) is 0.344. The molecule has 0 saturated carbocycles. The Kier molecular flexibility index (Phi) is 6.98. The molecule has 1 aliphatic heterocycles. The lowest BCUT2D eigenvalue weighted by molar-refractivity contribution is 0.0926. The minimum absolute atomic E-state index is 0.0963. The highest BCUT2D eigenvalue weighted by Crippen LogP contribution is 2.35. The molecular formula is C25H25N7O2. The second kappa shape index (κ2) is 10.4. The maximum Gasteiger partial charge on any atom is 0.308 e. The van der Waals surface area contributed by atoms with Crippen LogP contribution in [0.5, 0.6) is 5.75 Å². The Morgan fingerprint density at radius 2 is 1.74 bits per heavy atom.